The van der Waals surface area contributed by atoms with Gasteiger partial charge in [-0.3, -0.25) is 9.59 Å². The highest BCUT2D eigenvalue weighted by Crippen LogP contribution is 2.19. The summed E-state index contributed by atoms with van der Waals surface area (Å²) in [5, 5.41) is 2.82. The van der Waals surface area contributed by atoms with Crippen molar-refractivity contribution in [2.24, 2.45) is 11.8 Å². The van der Waals surface area contributed by atoms with Crippen molar-refractivity contribution in [1.29, 1.82) is 0 Å². The second-order valence-electron chi connectivity index (χ2n) is 9.17. The van der Waals surface area contributed by atoms with Crippen LogP contribution in [0.4, 0.5) is 0 Å². The molecule has 1 saturated heterocycles. The number of morpholine rings is 1. The molecule has 2 unspecified atom stereocenters. The summed E-state index contributed by atoms with van der Waals surface area (Å²) in [6.07, 6.45) is 0.864. The number of nitrogens with zero attached hydrogens (tertiary/aromatic N) is 2. The van der Waals surface area contributed by atoms with E-state index in [0.717, 1.165) is 6.42 Å². The van der Waals surface area contributed by atoms with Gasteiger partial charge in [0.15, 0.2) is 0 Å². The van der Waals surface area contributed by atoms with Crippen molar-refractivity contribution in [2.45, 2.75) is 58.0 Å². The molecular formula is C23H37N3O5S. The largest absolute Gasteiger partial charge is 0.379 e. The molecule has 0 spiro atoms. The summed E-state index contributed by atoms with van der Waals surface area (Å²) < 4.78 is 32.5. The number of benzene rings is 1. The monoisotopic (exact) mass is 467 g/mol. The molecule has 180 valence electrons. The molecule has 9 heteroatoms. The first-order valence-corrected chi connectivity index (χ1v) is 12.6. The van der Waals surface area contributed by atoms with Gasteiger partial charge in [-0.2, -0.15) is 4.31 Å². The van der Waals surface area contributed by atoms with Gasteiger partial charge in [0.2, 0.25) is 15.9 Å². The quantitative estimate of drug-likeness (QED) is 0.601. The smallest absolute Gasteiger partial charge is 0.251 e. The first-order valence-electron chi connectivity index (χ1n) is 11.2. The van der Waals surface area contributed by atoms with Crippen molar-refractivity contribution in [3.8, 4) is 0 Å². The third-order valence-electron chi connectivity index (χ3n) is 5.74. The SMILES string of the molecule is CC(C)CC(C)N(C)C(=O)C(NC(=O)c1cccc(S(=O)(=O)N2CCOCC2)c1)C(C)C. The van der Waals surface area contributed by atoms with Gasteiger partial charge in [-0.05, 0) is 43.4 Å². The predicted molar refractivity (Wildman–Crippen MR) is 124 cm³/mol. The van der Waals surface area contributed by atoms with E-state index in [1.165, 1.54) is 16.4 Å². The lowest BCUT2D eigenvalue weighted by Gasteiger charge is -2.32. The van der Waals surface area contributed by atoms with Crippen molar-refractivity contribution >= 4 is 21.8 Å². The van der Waals surface area contributed by atoms with Crippen molar-refractivity contribution in [3.05, 3.63) is 29.8 Å². The maximum atomic E-state index is 13.1. The number of sulfonamides is 1. The molecular weight excluding hydrogens is 430 g/mol. The topological polar surface area (TPSA) is 96.0 Å². The minimum absolute atomic E-state index is 0.0441. The highest BCUT2D eigenvalue weighted by atomic mass is 32.2. The Kier molecular flexibility index (Phi) is 9.24. The molecule has 2 rings (SSSR count). The van der Waals surface area contributed by atoms with Crippen LogP contribution < -0.4 is 5.32 Å². The standard InChI is InChI=1S/C23H37N3O5S/c1-16(2)14-18(5)25(6)23(28)21(17(3)4)24-22(27)19-8-7-9-20(15-19)32(29,30)26-10-12-31-13-11-26/h7-9,15-18,21H,10-14H2,1-6H3,(H,24,27). The maximum Gasteiger partial charge on any atom is 0.251 e. The molecule has 0 aromatic heterocycles. The zero-order chi connectivity index (χ0) is 24.1. The Balaban J connectivity index is 2.19. The lowest BCUT2D eigenvalue weighted by molar-refractivity contribution is -0.135. The Morgan fingerprint density at radius 2 is 1.75 bits per heavy atom. The summed E-state index contributed by atoms with van der Waals surface area (Å²) in [4.78, 5) is 27.8. The summed E-state index contributed by atoms with van der Waals surface area (Å²) in [5.74, 6) is -0.302. The summed E-state index contributed by atoms with van der Waals surface area (Å²) in [5.41, 5.74) is 0.204. The zero-order valence-electron chi connectivity index (χ0n) is 20.0. The van der Waals surface area contributed by atoms with E-state index in [4.69, 9.17) is 4.74 Å². The minimum atomic E-state index is -3.72. The van der Waals surface area contributed by atoms with Crippen LogP contribution in [0.15, 0.2) is 29.2 Å². The van der Waals surface area contributed by atoms with Gasteiger partial charge in [-0.25, -0.2) is 8.42 Å². The van der Waals surface area contributed by atoms with E-state index in [9.17, 15) is 18.0 Å². The molecule has 1 aliphatic heterocycles. The molecule has 1 heterocycles. The van der Waals surface area contributed by atoms with Crippen LogP contribution in [0.1, 0.15) is 51.4 Å². The molecule has 1 aromatic carbocycles. The summed E-state index contributed by atoms with van der Waals surface area (Å²) in [6, 6.07) is 5.29. The molecule has 0 aliphatic carbocycles. The van der Waals surface area contributed by atoms with Gasteiger partial charge in [0.05, 0.1) is 18.1 Å². The molecule has 1 aliphatic rings. The van der Waals surface area contributed by atoms with E-state index in [-0.39, 0.29) is 41.4 Å². The molecule has 0 radical (unpaired) electrons. The number of amides is 2. The van der Waals surface area contributed by atoms with Gasteiger partial charge in [0.1, 0.15) is 6.04 Å². The maximum absolute atomic E-state index is 13.1. The van der Waals surface area contributed by atoms with E-state index in [2.05, 4.69) is 19.2 Å². The Labute approximate surface area is 192 Å². The zero-order valence-corrected chi connectivity index (χ0v) is 20.8. The number of rotatable bonds is 9. The van der Waals surface area contributed by atoms with Crippen LogP contribution in [0.3, 0.4) is 0 Å². The van der Waals surface area contributed by atoms with Gasteiger partial charge in [0, 0.05) is 31.7 Å². The summed E-state index contributed by atoms with van der Waals surface area (Å²) >= 11 is 0. The molecule has 1 N–H and O–H groups in total. The Hall–Kier alpha value is -1.97. The van der Waals surface area contributed by atoms with Crippen LogP contribution in [-0.2, 0) is 19.6 Å². The highest BCUT2D eigenvalue weighted by molar-refractivity contribution is 7.89. The number of hydrogen-bond acceptors (Lipinski definition) is 5. The number of hydrogen-bond donors (Lipinski definition) is 1. The van der Waals surface area contributed by atoms with E-state index in [0.29, 0.717) is 19.1 Å². The number of nitrogens with one attached hydrogen (secondary N) is 1. The van der Waals surface area contributed by atoms with Crippen LogP contribution >= 0.6 is 0 Å². The number of likely N-dealkylation sites (N-methyl/N-ethyl adjacent to an activating group) is 1. The molecule has 0 bridgehead atoms. The van der Waals surface area contributed by atoms with E-state index in [1.54, 1.807) is 24.1 Å². The van der Waals surface area contributed by atoms with Crippen molar-refractivity contribution < 1.29 is 22.7 Å². The fraction of sp³-hybridized carbons (Fsp3) is 0.652. The lowest BCUT2D eigenvalue weighted by Crippen LogP contribution is -2.52. The van der Waals surface area contributed by atoms with E-state index >= 15 is 0 Å². The van der Waals surface area contributed by atoms with Crippen LogP contribution in [0.2, 0.25) is 0 Å². The van der Waals surface area contributed by atoms with Crippen LogP contribution in [0.25, 0.3) is 0 Å². The highest BCUT2D eigenvalue weighted by Gasteiger charge is 2.31. The third-order valence-corrected chi connectivity index (χ3v) is 7.64. The summed E-state index contributed by atoms with van der Waals surface area (Å²) in [6.45, 7) is 11.2. The normalized spacial score (nSPS) is 17.2. The lowest BCUT2D eigenvalue weighted by atomic mass is 9.99. The fourth-order valence-electron chi connectivity index (χ4n) is 3.75. The Bertz CT molecular complexity index is 895. The summed E-state index contributed by atoms with van der Waals surface area (Å²) in [7, 11) is -1.96. The average Bonchev–Trinajstić information content (AvgIpc) is 2.76. The Morgan fingerprint density at radius 1 is 1.12 bits per heavy atom. The number of carbonyl (C=O) groups excluding carboxylic acids is 2. The molecule has 0 saturated carbocycles. The minimum Gasteiger partial charge on any atom is -0.379 e. The fourth-order valence-corrected chi connectivity index (χ4v) is 5.20. The second kappa shape index (κ2) is 11.2. The van der Waals surface area contributed by atoms with E-state index in [1.807, 2.05) is 20.8 Å². The number of ether oxygens (including phenoxy) is 1. The van der Waals surface area contributed by atoms with Gasteiger partial charge >= 0.3 is 0 Å². The van der Waals surface area contributed by atoms with Gasteiger partial charge < -0.3 is 15.0 Å². The third kappa shape index (κ3) is 6.52. The van der Waals surface area contributed by atoms with Gasteiger partial charge in [-0.15, -0.1) is 0 Å². The van der Waals surface area contributed by atoms with Crippen molar-refractivity contribution in [3.63, 3.8) is 0 Å². The molecule has 2 amide bonds. The molecule has 8 nitrogen and oxygen atoms in total. The van der Waals surface area contributed by atoms with E-state index < -0.39 is 22.0 Å². The average molecular weight is 468 g/mol. The molecule has 1 fully saturated rings. The molecule has 1 aromatic rings. The van der Waals surface area contributed by atoms with Crippen LogP contribution in [0, 0.1) is 11.8 Å². The van der Waals surface area contributed by atoms with Crippen molar-refractivity contribution in [1.82, 2.24) is 14.5 Å². The van der Waals surface area contributed by atoms with Crippen molar-refractivity contribution in [2.75, 3.05) is 33.4 Å². The molecule has 2 atom stereocenters. The first kappa shape index (κ1) is 26.3. The van der Waals surface area contributed by atoms with Gasteiger partial charge in [0.25, 0.3) is 5.91 Å². The molecule has 32 heavy (non-hydrogen) atoms. The number of carbonyl (C=O) groups is 2. The first-order chi connectivity index (χ1) is 14.9. The Morgan fingerprint density at radius 3 is 2.31 bits per heavy atom. The second-order valence-corrected chi connectivity index (χ2v) is 11.1. The van der Waals surface area contributed by atoms with Gasteiger partial charge in [-0.1, -0.05) is 33.8 Å². The van der Waals surface area contributed by atoms with Crippen LogP contribution in [-0.4, -0.2) is 74.9 Å². The van der Waals surface area contributed by atoms with Crippen LogP contribution in [0.5, 0.6) is 0 Å². The predicted octanol–water partition coefficient (Wildman–Crippen LogP) is 2.35.